The predicted octanol–water partition coefficient (Wildman–Crippen LogP) is 3.28. The minimum absolute atomic E-state index is 0.0137. The second kappa shape index (κ2) is 5.73. The van der Waals surface area contributed by atoms with Crippen molar-refractivity contribution in [3.05, 3.63) is 23.8 Å². The summed E-state index contributed by atoms with van der Waals surface area (Å²) in [6, 6.07) is 3.46. The van der Waals surface area contributed by atoms with Crippen LogP contribution < -0.4 is 10.1 Å². The normalized spacial score (nSPS) is 19.3. The maximum atomic E-state index is 13.1. The first-order valence-electron chi connectivity index (χ1n) is 6.51. The first-order chi connectivity index (χ1) is 9.71. The molecule has 1 aromatic carbocycles. The number of hydrogen-bond acceptors (Lipinski definition) is 4. The largest absolute Gasteiger partial charge is 0.497 e. The topological polar surface area (TPSA) is 39.7 Å². The third-order valence-electron chi connectivity index (χ3n) is 3.16. The molecule has 0 radical (unpaired) electrons. The zero-order chi connectivity index (χ0) is 15.7. The molecule has 1 heterocycles. The fourth-order valence-corrected chi connectivity index (χ4v) is 2.01. The lowest BCUT2D eigenvalue weighted by atomic mass is 10.1. The van der Waals surface area contributed by atoms with Crippen LogP contribution in [0, 0.1) is 0 Å². The van der Waals surface area contributed by atoms with Crippen molar-refractivity contribution in [2.45, 2.75) is 31.9 Å². The summed E-state index contributed by atoms with van der Waals surface area (Å²) in [6.07, 6.45) is -4.47. The molecule has 1 saturated heterocycles. The van der Waals surface area contributed by atoms with Crippen molar-refractivity contribution in [3.8, 4) is 5.75 Å². The molecular formula is C14H18F3NO3. The molecule has 0 atom stereocenters. The van der Waals surface area contributed by atoms with Crippen LogP contribution in [-0.2, 0) is 15.7 Å². The van der Waals surface area contributed by atoms with Gasteiger partial charge in [0.1, 0.15) is 5.75 Å². The fraction of sp³-hybridized carbons (Fsp3) is 0.571. The van der Waals surface area contributed by atoms with Gasteiger partial charge in [-0.2, -0.15) is 13.2 Å². The summed E-state index contributed by atoms with van der Waals surface area (Å²) in [5.74, 6) is -0.546. The first kappa shape index (κ1) is 15.9. The predicted molar refractivity (Wildman–Crippen MR) is 71.4 cm³/mol. The lowest BCUT2D eigenvalue weighted by Crippen LogP contribution is -2.45. The zero-order valence-corrected chi connectivity index (χ0v) is 12.1. The highest BCUT2D eigenvalue weighted by atomic mass is 19.4. The number of rotatable bonds is 3. The lowest BCUT2D eigenvalue weighted by Gasteiger charge is -2.36. The van der Waals surface area contributed by atoms with Crippen molar-refractivity contribution in [3.63, 3.8) is 0 Å². The second-order valence-corrected chi connectivity index (χ2v) is 5.27. The van der Waals surface area contributed by atoms with E-state index in [4.69, 9.17) is 14.2 Å². The summed E-state index contributed by atoms with van der Waals surface area (Å²) >= 11 is 0. The van der Waals surface area contributed by atoms with Crippen molar-refractivity contribution < 1.29 is 27.4 Å². The molecule has 0 bridgehead atoms. The number of anilines is 1. The summed E-state index contributed by atoms with van der Waals surface area (Å²) in [4.78, 5) is 0. The van der Waals surface area contributed by atoms with Gasteiger partial charge in [-0.05, 0) is 32.0 Å². The number of hydrogen-bond donors (Lipinski definition) is 1. The summed E-state index contributed by atoms with van der Waals surface area (Å²) in [7, 11) is 1.33. The molecule has 1 fully saturated rings. The van der Waals surface area contributed by atoms with Gasteiger partial charge in [-0.3, -0.25) is 0 Å². The molecule has 1 aromatic rings. The Morgan fingerprint density at radius 2 is 1.86 bits per heavy atom. The third-order valence-corrected chi connectivity index (χ3v) is 3.16. The molecule has 1 aliphatic heterocycles. The molecule has 2 rings (SSSR count). The van der Waals surface area contributed by atoms with Gasteiger partial charge in [-0.15, -0.1) is 0 Å². The molecule has 4 nitrogen and oxygen atoms in total. The van der Waals surface area contributed by atoms with Crippen molar-refractivity contribution in [1.82, 2.24) is 0 Å². The van der Waals surface area contributed by atoms with E-state index < -0.39 is 17.5 Å². The molecule has 0 unspecified atom stereocenters. The molecular weight excluding hydrogens is 287 g/mol. The van der Waals surface area contributed by atoms with Gasteiger partial charge in [-0.25, -0.2) is 0 Å². The van der Waals surface area contributed by atoms with Gasteiger partial charge in [0.2, 0.25) is 0 Å². The van der Waals surface area contributed by atoms with Crippen LogP contribution in [0.5, 0.6) is 5.75 Å². The summed E-state index contributed by atoms with van der Waals surface area (Å²) in [5, 5.41) is 2.82. The summed E-state index contributed by atoms with van der Waals surface area (Å²) in [5.41, 5.74) is -0.785. The first-order valence-corrected chi connectivity index (χ1v) is 6.51. The molecule has 7 heteroatoms. The highest BCUT2D eigenvalue weighted by Crippen LogP contribution is 2.37. The Morgan fingerprint density at radius 1 is 1.24 bits per heavy atom. The molecule has 21 heavy (non-hydrogen) atoms. The highest BCUT2D eigenvalue weighted by Gasteiger charge is 2.35. The van der Waals surface area contributed by atoms with Gasteiger partial charge < -0.3 is 19.5 Å². The molecule has 118 valence electrons. The van der Waals surface area contributed by atoms with E-state index in [9.17, 15) is 13.2 Å². The van der Waals surface area contributed by atoms with E-state index in [-0.39, 0.29) is 30.7 Å². The summed E-state index contributed by atoms with van der Waals surface area (Å²) in [6.45, 7) is 4.07. The Balaban J connectivity index is 2.16. The Hall–Kier alpha value is -1.47. The Morgan fingerprint density at radius 3 is 2.38 bits per heavy atom. The molecule has 0 amide bonds. The van der Waals surface area contributed by atoms with Crippen LogP contribution in [0.3, 0.4) is 0 Å². The average Bonchev–Trinajstić information content (AvgIpc) is 2.40. The smallest absolute Gasteiger partial charge is 0.418 e. The molecule has 1 aliphatic rings. The fourth-order valence-electron chi connectivity index (χ4n) is 2.01. The average molecular weight is 305 g/mol. The summed E-state index contributed by atoms with van der Waals surface area (Å²) < 4.78 is 55.0. The van der Waals surface area contributed by atoms with Crippen molar-refractivity contribution in [1.29, 1.82) is 0 Å². The van der Waals surface area contributed by atoms with E-state index in [2.05, 4.69) is 5.32 Å². The Bertz CT molecular complexity index is 493. The van der Waals surface area contributed by atoms with E-state index in [1.165, 1.54) is 19.2 Å². The second-order valence-electron chi connectivity index (χ2n) is 5.27. The van der Waals surface area contributed by atoms with Crippen LogP contribution in [0.15, 0.2) is 18.2 Å². The SMILES string of the molecule is COc1ccc(NC2COC(C)(C)OC2)c(C(F)(F)F)c1. The highest BCUT2D eigenvalue weighted by molar-refractivity contribution is 5.56. The maximum absolute atomic E-state index is 13.1. The van der Waals surface area contributed by atoms with Crippen molar-refractivity contribution in [2.75, 3.05) is 25.6 Å². The van der Waals surface area contributed by atoms with Gasteiger partial charge in [0.15, 0.2) is 5.79 Å². The van der Waals surface area contributed by atoms with Crippen LogP contribution in [0.25, 0.3) is 0 Å². The number of methoxy groups -OCH3 is 1. The standard InChI is InChI=1S/C14H18F3NO3/c1-13(2)20-7-9(8-21-13)18-12-5-4-10(19-3)6-11(12)14(15,16)17/h4-6,9,18H,7-8H2,1-3H3. The molecule has 0 aliphatic carbocycles. The van der Waals surface area contributed by atoms with Crippen LogP contribution in [0.2, 0.25) is 0 Å². The van der Waals surface area contributed by atoms with E-state index in [1.54, 1.807) is 13.8 Å². The number of ether oxygens (including phenoxy) is 3. The van der Waals surface area contributed by atoms with Gasteiger partial charge in [0.25, 0.3) is 0 Å². The third kappa shape index (κ3) is 4.01. The van der Waals surface area contributed by atoms with E-state index in [0.717, 1.165) is 6.07 Å². The minimum atomic E-state index is -4.47. The van der Waals surface area contributed by atoms with Gasteiger partial charge in [0, 0.05) is 5.69 Å². The number of alkyl halides is 3. The van der Waals surface area contributed by atoms with Crippen LogP contribution >= 0.6 is 0 Å². The number of halogens is 3. The minimum Gasteiger partial charge on any atom is -0.497 e. The zero-order valence-electron chi connectivity index (χ0n) is 12.1. The van der Waals surface area contributed by atoms with Crippen LogP contribution in [-0.4, -0.2) is 32.2 Å². The number of nitrogens with one attached hydrogen (secondary N) is 1. The van der Waals surface area contributed by atoms with Crippen LogP contribution in [0.1, 0.15) is 19.4 Å². The molecule has 0 spiro atoms. The maximum Gasteiger partial charge on any atom is 0.418 e. The lowest BCUT2D eigenvalue weighted by molar-refractivity contribution is -0.247. The van der Waals surface area contributed by atoms with Gasteiger partial charge in [0.05, 0.1) is 31.9 Å². The van der Waals surface area contributed by atoms with Crippen molar-refractivity contribution in [2.24, 2.45) is 0 Å². The quantitative estimate of drug-likeness (QED) is 0.930. The van der Waals surface area contributed by atoms with Gasteiger partial charge in [-0.1, -0.05) is 0 Å². The van der Waals surface area contributed by atoms with E-state index >= 15 is 0 Å². The number of benzene rings is 1. The molecule has 0 saturated carbocycles. The Labute approximate surface area is 121 Å². The van der Waals surface area contributed by atoms with Crippen molar-refractivity contribution >= 4 is 5.69 Å². The van der Waals surface area contributed by atoms with E-state index in [0.29, 0.717) is 0 Å². The van der Waals surface area contributed by atoms with Gasteiger partial charge >= 0.3 is 6.18 Å². The van der Waals surface area contributed by atoms with E-state index in [1.807, 2.05) is 0 Å². The van der Waals surface area contributed by atoms with Crippen LogP contribution in [0.4, 0.5) is 18.9 Å². The Kier molecular flexibility index (Phi) is 4.34. The molecule has 0 aromatic heterocycles. The monoisotopic (exact) mass is 305 g/mol. The molecule has 1 N–H and O–H groups in total.